The van der Waals surface area contributed by atoms with E-state index in [4.69, 9.17) is 0 Å². The first-order chi connectivity index (χ1) is 12.5. The van der Waals surface area contributed by atoms with Crippen molar-refractivity contribution in [2.45, 2.75) is 39.7 Å². The van der Waals surface area contributed by atoms with E-state index in [1.807, 2.05) is 36.2 Å². The third-order valence-electron chi connectivity index (χ3n) is 4.71. The topological polar surface area (TPSA) is 51.0 Å². The number of benzene rings is 1. The van der Waals surface area contributed by atoms with Crippen LogP contribution in [0.4, 0.5) is 0 Å². The average molecular weight is 369 g/mol. The predicted octanol–water partition coefficient (Wildman–Crippen LogP) is 4.42. The van der Waals surface area contributed by atoms with Gasteiger partial charge in [-0.15, -0.1) is 11.3 Å². The highest BCUT2D eigenvalue weighted by atomic mass is 32.1. The summed E-state index contributed by atoms with van der Waals surface area (Å²) in [4.78, 5) is 20.7. The van der Waals surface area contributed by atoms with Crippen LogP contribution in [0.2, 0.25) is 0 Å². The summed E-state index contributed by atoms with van der Waals surface area (Å²) in [7, 11) is 1.87. The molecule has 3 aromatic rings. The van der Waals surface area contributed by atoms with Crippen molar-refractivity contribution < 1.29 is 4.79 Å². The van der Waals surface area contributed by atoms with E-state index < -0.39 is 0 Å². The van der Waals surface area contributed by atoms with Gasteiger partial charge in [0, 0.05) is 11.9 Å². The van der Waals surface area contributed by atoms with E-state index in [2.05, 4.69) is 36.9 Å². The number of hydrogen-bond donors (Lipinski definition) is 0. The fraction of sp³-hybridized carbons (Fsp3) is 0.350. The number of nitrogens with zero attached hydrogens (tertiary/aromatic N) is 4. The Bertz CT molecular complexity index is 868. The number of rotatable bonds is 6. The van der Waals surface area contributed by atoms with E-state index in [-0.39, 0.29) is 11.9 Å². The molecule has 1 aromatic carbocycles. The second kappa shape index (κ2) is 7.83. The van der Waals surface area contributed by atoms with Crippen LogP contribution in [0.3, 0.4) is 0 Å². The Labute approximate surface area is 158 Å². The van der Waals surface area contributed by atoms with Crippen LogP contribution in [0.1, 0.15) is 52.0 Å². The van der Waals surface area contributed by atoms with Crippen LogP contribution < -0.4 is 0 Å². The van der Waals surface area contributed by atoms with Crippen LogP contribution in [0.5, 0.6) is 0 Å². The fourth-order valence-corrected chi connectivity index (χ4v) is 4.02. The van der Waals surface area contributed by atoms with Gasteiger partial charge < -0.3 is 4.90 Å². The molecule has 2 heterocycles. The van der Waals surface area contributed by atoms with Gasteiger partial charge >= 0.3 is 0 Å². The van der Waals surface area contributed by atoms with Gasteiger partial charge in [-0.25, -0.2) is 9.67 Å². The lowest BCUT2D eigenvalue weighted by Gasteiger charge is -2.25. The molecule has 1 atom stereocenters. The first kappa shape index (κ1) is 18.3. The van der Waals surface area contributed by atoms with Crippen LogP contribution in [0.25, 0.3) is 5.69 Å². The molecule has 0 aliphatic carbocycles. The predicted molar refractivity (Wildman–Crippen MR) is 105 cm³/mol. The number of thiophene rings is 1. The minimum atomic E-state index is -0.00988. The Morgan fingerprint density at radius 2 is 2.04 bits per heavy atom. The highest BCUT2D eigenvalue weighted by molar-refractivity contribution is 7.14. The number of hydrogen-bond acceptors (Lipinski definition) is 4. The lowest BCUT2D eigenvalue weighted by molar-refractivity contribution is 0.0747. The monoisotopic (exact) mass is 368 g/mol. The molecule has 5 nitrogen and oxygen atoms in total. The summed E-state index contributed by atoms with van der Waals surface area (Å²) in [5.74, 6) is 0.0771. The molecular weight excluding hydrogens is 344 g/mol. The van der Waals surface area contributed by atoms with Gasteiger partial charge in [-0.1, -0.05) is 25.5 Å². The maximum atomic E-state index is 12.9. The molecular formula is C20H24N4OS. The van der Waals surface area contributed by atoms with Gasteiger partial charge in [0.05, 0.1) is 16.6 Å². The molecule has 0 saturated heterocycles. The number of carbonyl (C=O) groups excluding carboxylic acids is 1. The summed E-state index contributed by atoms with van der Waals surface area (Å²) in [6.07, 6.45) is 5.30. The molecule has 0 fully saturated rings. The van der Waals surface area contributed by atoms with Crippen LogP contribution in [0, 0.1) is 6.92 Å². The standard InChI is InChI=1S/C20H24N4OS/c1-5-6-17-11-19(26-15(17)3)20(25)23(4)14(2)16-7-9-18(10-8-16)24-13-21-12-22-24/h7-14H,5-6H2,1-4H3. The summed E-state index contributed by atoms with van der Waals surface area (Å²) in [5.41, 5.74) is 3.33. The lowest BCUT2D eigenvalue weighted by Crippen LogP contribution is -2.29. The largest absolute Gasteiger partial charge is 0.334 e. The maximum absolute atomic E-state index is 12.9. The van der Waals surface area contributed by atoms with Crippen molar-refractivity contribution in [1.82, 2.24) is 19.7 Å². The Morgan fingerprint density at radius 3 is 2.65 bits per heavy atom. The molecule has 2 aromatic heterocycles. The highest BCUT2D eigenvalue weighted by Crippen LogP contribution is 2.27. The molecule has 0 spiro atoms. The third-order valence-corrected chi connectivity index (χ3v) is 5.79. The van der Waals surface area contributed by atoms with Crippen LogP contribution in [0.15, 0.2) is 43.0 Å². The number of amides is 1. The van der Waals surface area contributed by atoms with Gasteiger partial charge in [-0.05, 0) is 49.6 Å². The first-order valence-electron chi connectivity index (χ1n) is 8.82. The summed E-state index contributed by atoms with van der Waals surface area (Å²) < 4.78 is 1.72. The number of carbonyl (C=O) groups is 1. The van der Waals surface area contributed by atoms with Crippen LogP contribution in [-0.4, -0.2) is 32.6 Å². The van der Waals surface area contributed by atoms with E-state index >= 15 is 0 Å². The minimum Gasteiger partial charge on any atom is -0.334 e. The van der Waals surface area contributed by atoms with E-state index in [0.29, 0.717) is 0 Å². The Kier molecular flexibility index (Phi) is 5.52. The van der Waals surface area contributed by atoms with Gasteiger partial charge in [0.25, 0.3) is 5.91 Å². The molecule has 0 bridgehead atoms. The molecule has 3 rings (SSSR count). The van der Waals surface area contributed by atoms with Crippen LogP contribution in [-0.2, 0) is 6.42 Å². The molecule has 26 heavy (non-hydrogen) atoms. The van der Waals surface area contributed by atoms with E-state index in [1.165, 1.54) is 16.8 Å². The Hall–Kier alpha value is -2.47. The molecule has 0 aliphatic rings. The quantitative estimate of drug-likeness (QED) is 0.647. The van der Waals surface area contributed by atoms with Crippen molar-refractivity contribution in [3.63, 3.8) is 0 Å². The molecule has 136 valence electrons. The van der Waals surface area contributed by atoms with Crippen molar-refractivity contribution in [1.29, 1.82) is 0 Å². The zero-order valence-electron chi connectivity index (χ0n) is 15.6. The third kappa shape index (κ3) is 3.70. The van der Waals surface area contributed by atoms with Crippen molar-refractivity contribution >= 4 is 17.2 Å². The molecule has 1 amide bonds. The van der Waals surface area contributed by atoms with Crippen molar-refractivity contribution in [3.05, 3.63) is 63.9 Å². The van der Waals surface area contributed by atoms with Crippen molar-refractivity contribution in [2.75, 3.05) is 7.05 Å². The zero-order valence-corrected chi connectivity index (χ0v) is 16.5. The second-order valence-electron chi connectivity index (χ2n) is 6.47. The minimum absolute atomic E-state index is 0.00988. The molecule has 0 saturated carbocycles. The lowest BCUT2D eigenvalue weighted by atomic mass is 10.1. The molecule has 0 N–H and O–H groups in total. The number of aromatic nitrogens is 3. The fourth-order valence-electron chi connectivity index (χ4n) is 2.96. The molecule has 1 unspecified atom stereocenters. The first-order valence-corrected chi connectivity index (χ1v) is 9.64. The summed E-state index contributed by atoms with van der Waals surface area (Å²) in [6, 6.07) is 10.1. The Balaban J connectivity index is 1.75. The van der Waals surface area contributed by atoms with Crippen molar-refractivity contribution in [2.24, 2.45) is 0 Å². The van der Waals surface area contributed by atoms with Gasteiger partial charge in [0.1, 0.15) is 12.7 Å². The van der Waals surface area contributed by atoms with E-state index in [9.17, 15) is 4.79 Å². The van der Waals surface area contributed by atoms with E-state index in [0.717, 1.165) is 29.0 Å². The Morgan fingerprint density at radius 1 is 1.31 bits per heavy atom. The van der Waals surface area contributed by atoms with Gasteiger partial charge in [-0.3, -0.25) is 4.79 Å². The summed E-state index contributed by atoms with van der Waals surface area (Å²) in [6.45, 7) is 6.31. The zero-order chi connectivity index (χ0) is 18.7. The van der Waals surface area contributed by atoms with Gasteiger partial charge in [0.2, 0.25) is 0 Å². The average Bonchev–Trinajstić information content (AvgIpc) is 3.31. The number of aryl methyl sites for hydroxylation is 2. The van der Waals surface area contributed by atoms with Gasteiger partial charge in [-0.2, -0.15) is 5.10 Å². The molecule has 6 heteroatoms. The van der Waals surface area contributed by atoms with E-state index in [1.54, 1.807) is 22.3 Å². The summed E-state index contributed by atoms with van der Waals surface area (Å²) in [5, 5.41) is 4.13. The van der Waals surface area contributed by atoms with Crippen LogP contribution >= 0.6 is 11.3 Å². The summed E-state index contributed by atoms with van der Waals surface area (Å²) >= 11 is 1.59. The normalized spacial score (nSPS) is 12.2. The maximum Gasteiger partial charge on any atom is 0.264 e. The second-order valence-corrected chi connectivity index (χ2v) is 7.72. The molecule has 0 aliphatic heterocycles. The highest BCUT2D eigenvalue weighted by Gasteiger charge is 2.21. The van der Waals surface area contributed by atoms with Gasteiger partial charge in [0.15, 0.2) is 0 Å². The SMILES string of the molecule is CCCc1cc(C(=O)N(C)C(C)c2ccc(-n3cncn3)cc2)sc1C. The van der Waals surface area contributed by atoms with Crippen molar-refractivity contribution in [3.8, 4) is 5.69 Å². The molecule has 0 radical (unpaired) electrons. The smallest absolute Gasteiger partial charge is 0.264 e.